The van der Waals surface area contributed by atoms with Crippen molar-refractivity contribution in [2.45, 2.75) is 77.3 Å². The number of hydrogen-bond acceptors (Lipinski definition) is 8. The number of piperazine rings is 1. The summed E-state index contributed by atoms with van der Waals surface area (Å²) >= 11 is 0. The van der Waals surface area contributed by atoms with Crippen molar-refractivity contribution in [3.63, 3.8) is 0 Å². The highest BCUT2D eigenvalue weighted by Crippen LogP contribution is 2.27. The molecule has 0 bridgehead atoms. The van der Waals surface area contributed by atoms with Gasteiger partial charge in [0, 0.05) is 50.2 Å². The number of aryl methyl sites for hydroxylation is 1. The summed E-state index contributed by atoms with van der Waals surface area (Å²) in [5, 5.41) is 6.40. The average molecular weight is 651 g/mol. The Labute approximate surface area is 275 Å². The number of carbonyl (C=O) groups is 5. The summed E-state index contributed by atoms with van der Waals surface area (Å²) in [4.78, 5) is 73.8. The van der Waals surface area contributed by atoms with Crippen molar-refractivity contribution in [2.24, 2.45) is 0 Å². The first kappa shape index (κ1) is 33.9. The first-order valence-corrected chi connectivity index (χ1v) is 16.8. The van der Waals surface area contributed by atoms with Crippen molar-refractivity contribution in [3.8, 4) is 5.75 Å². The summed E-state index contributed by atoms with van der Waals surface area (Å²) in [6, 6.07) is 6.69. The summed E-state index contributed by atoms with van der Waals surface area (Å²) in [6.45, 7) is 5.68. The van der Waals surface area contributed by atoms with Gasteiger partial charge in [-0.3, -0.25) is 19.2 Å². The molecule has 13 heteroatoms. The molecule has 1 aliphatic carbocycles. The van der Waals surface area contributed by atoms with Crippen LogP contribution in [0.2, 0.25) is 0 Å². The van der Waals surface area contributed by atoms with Crippen molar-refractivity contribution in [2.75, 3.05) is 52.5 Å². The molecule has 1 aromatic heterocycles. The lowest BCUT2D eigenvalue weighted by molar-refractivity contribution is -0.140. The van der Waals surface area contributed by atoms with Gasteiger partial charge in [0.2, 0.25) is 11.8 Å². The zero-order valence-corrected chi connectivity index (χ0v) is 27.4. The second-order valence-electron chi connectivity index (χ2n) is 12.6. The number of benzene rings is 1. The molecule has 0 radical (unpaired) electrons. The minimum Gasteiger partial charge on any atom is -0.483 e. The van der Waals surface area contributed by atoms with E-state index in [0.717, 1.165) is 50.5 Å². The highest BCUT2D eigenvalue weighted by atomic mass is 16.6. The minimum atomic E-state index is -0.556. The van der Waals surface area contributed by atoms with E-state index >= 15 is 0 Å². The van der Waals surface area contributed by atoms with Crippen LogP contribution in [0.5, 0.6) is 5.75 Å². The molecule has 3 fully saturated rings. The van der Waals surface area contributed by atoms with Crippen molar-refractivity contribution in [3.05, 3.63) is 35.5 Å². The minimum absolute atomic E-state index is 0.0491. The Hall–Kier alpha value is -4.42. The molecule has 0 spiro atoms. The van der Waals surface area contributed by atoms with E-state index in [2.05, 4.69) is 15.6 Å². The number of pyridine rings is 1. The Morgan fingerprint density at radius 2 is 1.66 bits per heavy atom. The van der Waals surface area contributed by atoms with Crippen LogP contribution in [0.4, 0.5) is 4.79 Å². The normalized spacial score (nSPS) is 18.3. The molecule has 13 nitrogen and oxygen atoms in total. The van der Waals surface area contributed by atoms with Gasteiger partial charge in [-0.25, -0.2) is 9.78 Å². The molecule has 3 heterocycles. The predicted molar refractivity (Wildman–Crippen MR) is 174 cm³/mol. The largest absolute Gasteiger partial charge is 0.483 e. The van der Waals surface area contributed by atoms with Gasteiger partial charge in [-0.05, 0) is 56.7 Å². The molecule has 2 aromatic rings. The number of fused-ring (bicyclic) bond motifs is 1. The number of aromatic nitrogens is 1. The zero-order valence-electron chi connectivity index (χ0n) is 27.4. The van der Waals surface area contributed by atoms with E-state index in [1.807, 2.05) is 32.0 Å². The maximum absolute atomic E-state index is 13.3. The Bertz CT molecular complexity index is 1470. The van der Waals surface area contributed by atoms with Crippen LogP contribution in [-0.2, 0) is 19.1 Å². The molecule has 1 atom stereocenters. The third kappa shape index (κ3) is 8.69. The first-order chi connectivity index (χ1) is 22.7. The lowest BCUT2D eigenvalue weighted by Crippen LogP contribution is -2.52. The van der Waals surface area contributed by atoms with E-state index in [4.69, 9.17) is 9.47 Å². The fourth-order valence-corrected chi connectivity index (χ4v) is 6.36. The molecule has 2 aliphatic heterocycles. The van der Waals surface area contributed by atoms with E-state index in [-0.39, 0.29) is 48.7 Å². The molecule has 2 N–H and O–H groups in total. The number of rotatable bonds is 11. The van der Waals surface area contributed by atoms with Crippen molar-refractivity contribution in [1.82, 2.24) is 30.3 Å². The van der Waals surface area contributed by atoms with Crippen LogP contribution >= 0.6 is 0 Å². The predicted octanol–water partition coefficient (Wildman–Crippen LogP) is 2.78. The number of nitrogens with zero attached hydrogens (tertiary/aromatic N) is 4. The van der Waals surface area contributed by atoms with E-state index in [1.54, 1.807) is 14.7 Å². The lowest BCUT2D eigenvalue weighted by atomic mass is 10.1. The molecular weight excluding hydrogens is 604 g/mol. The van der Waals surface area contributed by atoms with Crippen molar-refractivity contribution in [1.29, 1.82) is 0 Å². The van der Waals surface area contributed by atoms with Gasteiger partial charge in [-0.2, -0.15) is 0 Å². The van der Waals surface area contributed by atoms with E-state index in [1.165, 1.54) is 6.07 Å². The summed E-state index contributed by atoms with van der Waals surface area (Å²) in [6.07, 6.45) is 6.90. The van der Waals surface area contributed by atoms with E-state index < -0.39 is 11.9 Å². The van der Waals surface area contributed by atoms with Gasteiger partial charge < -0.3 is 34.8 Å². The Morgan fingerprint density at radius 1 is 0.915 bits per heavy atom. The molecule has 5 amide bonds. The van der Waals surface area contributed by atoms with E-state index in [0.29, 0.717) is 62.4 Å². The molecular formula is C34H46N6O7. The Kier molecular flexibility index (Phi) is 11.5. The monoisotopic (exact) mass is 650 g/mol. The average Bonchev–Trinajstić information content (AvgIpc) is 3.78. The molecule has 47 heavy (non-hydrogen) atoms. The van der Waals surface area contributed by atoms with Gasteiger partial charge in [0.25, 0.3) is 11.8 Å². The molecule has 1 aromatic carbocycles. The highest BCUT2D eigenvalue weighted by molar-refractivity contribution is 5.99. The summed E-state index contributed by atoms with van der Waals surface area (Å²) in [5.41, 5.74) is 1.50. The highest BCUT2D eigenvalue weighted by Gasteiger charge is 2.35. The second-order valence-corrected chi connectivity index (χ2v) is 12.6. The van der Waals surface area contributed by atoms with Crippen LogP contribution in [0, 0.1) is 6.92 Å². The van der Waals surface area contributed by atoms with Gasteiger partial charge in [-0.15, -0.1) is 0 Å². The topological polar surface area (TPSA) is 150 Å². The van der Waals surface area contributed by atoms with Crippen LogP contribution in [-0.4, -0.2) is 114 Å². The number of unbranched alkanes of at least 4 members (excludes halogenated alkanes) is 1. The second kappa shape index (κ2) is 15.9. The standard InChI is InChI=1S/C34H46N6O7/c1-3-4-18-46-34(45)39-16-14-38(15-17-39)30(41)21-35-32(43)27-20-29(25-12-11-23(2)19-26(25)37-27)47-22-31(42)40-13-7-10-28(40)33(44)36-24-8-5-6-9-24/h11-12,19-20,24,28H,3-10,13-18,21-22H2,1-2H3,(H,35,43)(H,36,44). The number of amides is 5. The zero-order chi connectivity index (χ0) is 33.3. The third-order valence-electron chi connectivity index (χ3n) is 9.10. The number of ether oxygens (including phenoxy) is 2. The maximum Gasteiger partial charge on any atom is 0.409 e. The van der Waals surface area contributed by atoms with Crippen LogP contribution in [0.25, 0.3) is 10.9 Å². The number of likely N-dealkylation sites (tertiary alicyclic amines) is 1. The van der Waals surface area contributed by atoms with E-state index in [9.17, 15) is 24.0 Å². The fourth-order valence-electron chi connectivity index (χ4n) is 6.36. The smallest absolute Gasteiger partial charge is 0.409 e. The van der Waals surface area contributed by atoms with Gasteiger partial charge in [-0.1, -0.05) is 32.3 Å². The van der Waals surface area contributed by atoms with Gasteiger partial charge >= 0.3 is 6.09 Å². The number of hydrogen-bond donors (Lipinski definition) is 2. The van der Waals surface area contributed by atoms with Crippen LogP contribution in [0.3, 0.4) is 0 Å². The third-order valence-corrected chi connectivity index (χ3v) is 9.10. The maximum atomic E-state index is 13.3. The summed E-state index contributed by atoms with van der Waals surface area (Å²) in [7, 11) is 0. The molecule has 1 saturated carbocycles. The Balaban J connectivity index is 1.18. The molecule has 5 rings (SSSR count). The van der Waals surface area contributed by atoms with Crippen LogP contribution in [0.1, 0.15) is 74.3 Å². The lowest BCUT2D eigenvalue weighted by Gasteiger charge is -2.34. The van der Waals surface area contributed by atoms with Crippen molar-refractivity contribution < 1.29 is 33.4 Å². The number of nitrogens with one attached hydrogen (secondary N) is 2. The van der Waals surface area contributed by atoms with Crippen LogP contribution < -0.4 is 15.4 Å². The molecule has 2 saturated heterocycles. The Morgan fingerprint density at radius 3 is 2.40 bits per heavy atom. The SMILES string of the molecule is CCCCOC(=O)N1CCN(C(=O)CNC(=O)c2cc(OCC(=O)N3CCCC3C(=O)NC3CCCC3)c3ccc(C)cc3n2)CC1. The fraction of sp³-hybridized carbons (Fsp3) is 0.588. The van der Waals surface area contributed by atoms with Gasteiger partial charge in [0.15, 0.2) is 6.61 Å². The molecule has 3 aliphatic rings. The van der Waals surface area contributed by atoms with Gasteiger partial charge in [0.1, 0.15) is 17.5 Å². The number of carbonyl (C=O) groups excluding carboxylic acids is 5. The van der Waals surface area contributed by atoms with Gasteiger partial charge in [0.05, 0.1) is 18.7 Å². The summed E-state index contributed by atoms with van der Waals surface area (Å²) < 4.78 is 11.3. The summed E-state index contributed by atoms with van der Waals surface area (Å²) in [5.74, 6) is -0.912. The van der Waals surface area contributed by atoms with Crippen molar-refractivity contribution >= 4 is 40.6 Å². The van der Waals surface area contributed by atoms with Crippen LogP contribution in [0.15, 0.2) is 24.3 Å². The first-order valence-electron chi connectivity index (χ1n) is 16.8. The quantitative estimate of drug-likeness (QED) is 0.353. The molecule has 1 unspecified atom stereocenters. The molecule has 254 valence electrons.